The monoisotopic (exact) mass is 425 g/mol. The topological polar surface area (TPSA) is 73.2 Å². The summed E-state index contributed by atoms with van der Waals surface area (Å²) >= 11 is 0. The molecule has 8 heteroatoms. The Morgan fingerprint density at radius 1 is 1.13 bits per heavy atom. The van der Waals surface area contributed by atoms with Crippen molar-refractivity contribution in [1.82, 2.24) is 5.32 Å². The average Bonchev–Trinajstić information content (AvgIpc) is 2.72. The van der Waals surface area contributed by atoms with Gasteiger partial charge in [-0.15, -0.1) is 0 Å². The van der Waals surface area contributed by atoms with Crippen LogP contribution in [0.25, 0.3) is 0 Å². The Morgan fingerprint density at radius 2 is 1.90 bits per heavy atom. The number of aryl methyl sites for hydroxylation is 1. The Morgan fingerprint density at radius 3 is 2.58 bits per heavy atom. The molecule has 0 bridgehead atoms. The van der Waals surface area contributed by atoms with Crippen LogP contribution in [0.2, 0.25) is 0 Å². The van der Waals surface area contributed by atoms with Crippen molar-refractivity contribution in [3.05, 3.63) is 76.0 Å². The van der Waals surface area contributed by atoms with Gasteiger partial charge in [-0.1, -0.05) is 12.1 Å². The minimum Gasteiger partial charge on any atom is -0.326 e. The molecule has 0 saturated carbocycles. The van der Waals surface area contributed by atoms with Crippen molar-refractivity contribution in [2.45, 2.75) is 38.4 Å². The number of amides is 2. The number of ketones is 1. The SMILES string of the molecule is Cc1cc(C#N)ccc1[C@@H]1NC(=O)N(c2cccc(C(F)(F)F)c2)C2=C1C(=O)CCC2. The summed E-state index contributed by atoms with van der Waals surface area (Å²) in [5, 5.41) is 11.9. The number of alkyl halides is 3. The van der Waals surface area contributed by atoms with E-state index in [0.717, 1.165) is 17.7 Å². The Hall–Kier alpha value is -3.60. The van der Waals surface area contributed by atoms with E-state index in [-0.39, 0.29) is 11.5 Å². The van der Waals surface area contributed by atoms with E-state index in [4.69, 9.17) is 5.26 Å². The first-order chi connectivity index (χ1) is 14.7. The molecule has 0 saturated heterocycles. The fourth-order valence-corrected chi connectivity index (χ4v) is 4.19. The molecule has 31 heavy (non-hydrogen) atoms. The van der Waals surface area contributed by atoms with Crippen LogP contribution in [0.1, 0.15) is 47.6 Å². The molecular formula is C23H18F3N3O2. The maximum Gasteiger partial charge on any atom is 0.416 e. The number of nitrogens with one attached hydrogen (secondary N) is 1. The number of rotatable bonds is 2. The van der Waals surface area contributed by atoms with Gasteiger partial charge in [-0.05, 0) is 61.2 Å². The number of carbonyl (C=O) groups is 2. The maximum absolute atomic E-state index is 13.2. The first-order valence-electron chi connectivity index (χ1n) is 9.75. The molecule has 2 aromatic carbocycles. The summed E-state index contributed by atoms with van der Waals surface area (Å²) in [7, 11) is 0. The van der Waals surface area contributed by atoms with Crippen molar-refractivity contribution in [2.75, 3.05) is 4.90 Å². The largest absolute Gasteiger partial charge is 0.416 e. The van der Waals surface area contributed by atoms with Crippen molar-refractivity contribution >= 4 is 17.5 Å². The second kappa shape index (κ2) is 7.58. The number of nitrogens with zero attached hydrogens (tertiary/aromatic N) is 2. The van der Waals surface area contributed by atoms with Gasteiger partial charge >= 0.3 is 12.2 Å². The van der Waals surface area contributed by atoms with Gasteiger partial charge in [0.05, 0.1) is 28.9 Å². The molecule has 1 aliphatic carbocycles. The molecule has 158 valence electrons. The van der Waals surface area contributed by atoms with E-state index >= 15 is 0 Å². The van der Waals surface area contributed by atoms with Gasteiger partial charge in [0.1, 0.15) is 0 Å². The number of nitriles is 1. The normalized spacial score (nSPS) is 19.1. The number of hydrogen-bond donors (Lipinski definition) is 1. The van der Waals surface area contributed by atoms with E-state index in [1.165, 1.54) is 17.0 Å². The number of halogens is 3. The molecule has 0 radical (unpaired) electrons. The minimum atomic E-state index is -4.55. The number of hydrogen-bond acceptors (Lipinski definition) is 3. The van der Waals surface area contributed by atoms with Crippen LogP contribution in [-0.4, -0.2) is 11.8 Å². The molecule has 0 fully saturated rings. The predicted molar refractivity (Wildman–Crippen MR) is 107 cm³/mol. The Labute approximate surface area is 176 Å². The molecule has 0 spiro atoms. The fourth-order valence-electron chi connectivity index (χ4n) is 4.19. The van der Waals surface area contributed by atoms with Crippen LogP contribution in [0.4, 0.5) is 23.7 Å². The minimum absolute atomic E-state index is 0.0597. The molecule has 2 aliphatic rings. The third-order valence-electron chi connectivity index (χ3n) is 5.60. The van der Waals surface area contributed by atoms with Crippen molar-refractivity contribution in [3.8, 4) is 6.07 Å². The molecule has 5 nitrogen and oxygen atoms in total. The third kappa shape index (κ3) is 3.67. The van der Waals surface area contributed by atoms with Gasteiger partial charge in [-0.2, -0.15) is 18.4 Å². The van der Waals surface area contributed by atoms with Crippen LogP contribution in [0, 0.1) is 18.3 Å². The van der Waals surface area contributed by atoms with Crippen molar-refractivity contribution in [3.63, 3.8) is 0 Å². The molecule has 4 rings (SSSR count). The van der Waals surface area contributed by atoms with Gasteiger partial charge in [0.15, 0.2) is 5.78 Å². The number of anilines is 1. The van der Waals surface area contributed by atoms with Gasteiger partial charge in [-0.3, -0.25) is 9.69 Å². The van der Waals surface area contributed by atoms with Gasteiger partial charge in [-0.25, -0.2) is 4.79 Å². The molecule has 2 aromatic rings. The van der Waals surface area contributed by atoms with E-state index in [9.17, 15) is 22.8 Å². The highest BCUT2D eigenvalue weighted by atomic mass is 19.4. The molecule has 2 amide bonds. The van der Waals surface area contributed by atoms with Crippen LogP contribution >= 0.6 is 0 Å². The molecule has 1 atom stereocenters. The Balaban J connectivity index is 1.86. The highest BCUT2D eigenvalue weighted by Gasteiger charge is 2.40. The second-order valence-corrected chi connectivity index (χ2v) is 7.59. The Kier molecular flexibility index (Phi) is 5.05. The quantitative estimate of drug-likeness (QED) is 0.722. The fraction of sp³-hybridized carbons (Fsp3) is 0.261. The number of allylic oxidation sites excluding steroid dienone is 1. The average molecular weight is 425 g/mol. The number of urea groups is 1. The lowest BCUT2D eigenvalue weighted by molar-refractivity contribution is -0.137. The first-order valence-corrected chi connectivity index (χ1v) is 9.75. The highest BCUT2D eigenvalue weighted by Crippen LogP contribution is 2.41. The molecule has 1 N–H and O–H groups in total. The maximum atomic E-state index is 13.2. The molecule has 1 aliphatic heterocycles. The number of Topliss-reactive ketones (excluding diaryl/α,β-unsaturated/α-hetero) is 1. The molecular weight excluding hydrogens is 407 g/mol. The van der Waals surface area contributed by atoms with E-state index in [0.29, 0.717) is 41.7 Å². The lowest BCUT2D eigenvalue weighted by Crippen LogP contribution is -2.49. The van der Waals surface area contributed by atoms with E-state index in [1.807, 2.05) is 0 Å². The number of benzene rings is 2. The Bertz CT molecular complexity index is 1160. The lowest BCUT2D eigenvalue weighted by Gasteiger charge is -2.39. The van der Waals surface area contributed by atoms with Crippen LogP contribution in [0.3, 0.4) is 0 Å². The van der Waals surface area contributed by atoms with Gasteiger partial charge in [0, 0.05) is 17.7 Å². The highest BCUT2D eigenvalue weighted by molar-refractivity contribution is 6.06. The standard InChI is InChI=1S/C23H18F3N3O2/c1-13-10-14(12-27)8-9-17(13)21-20-18(6-3-7-19(20)30)29(22(31)28-21)16-5-2-4-15(11-16)23(24,25)26/h2,4-5,8-11,21H,3,6-7H2,1H3,(H,28,31)/t21-/m0/s1. The summed E-state index contributed by atoms with van der Waals surface area (Å²) in [6.07, 6.45) is -3.34. The van der Waals surface area contributed by atoms with E-state index in [2.05, 4.69) is 11.4 Å². The lowest BCUT2D eigenvalue weighted by atomic mass is 9.83. The summed E-state index contributed by atoms with van der Waals surface area (Å²) in [4.78, 5) is 27.1. The zero-order chi connectivity index (χ0) is 22.3. The molecule has 0 unspecified atom stereocenters. The van der Waals surface area contributed by atoms with Crippen LogP contribution < -0.4 is 10.2 Å². The summed E-state index contributed by atoms with van der Waals surface area (Å²) in [5.41, 5.74) is 1.87. The van der Waals surface area contributed by atoms with Crippen molar-refractivity contribution in [2.24, 2.45) is 0 Å². The van der Waals surface area contributed by atoms with Gasteiger partial charge in [0.25, 0.3) is 0 Å². The van der Waals surface area contributed by atoms with E-state index in [1.54, 1.807) is 25.1 Å². The number of carbonyl (C=O) groups excluding carboxylic acids is 2. The zero-order valence-electron chi connectivity index (χ0n) is 16.6. The summed E-state index contributed by atoms with van der Waals surface area (Å²) in [6, 6.07) is 10.2. The smallest absolute Gasteiger partial charge is 0.326 e. The molecule has 0 aromatic heterocycles. The molecule has 1 heterocycles. The second-order valence-electron chi connectivity index (χ2n) is 7.59. The van der Waals surface area contributed by atoms with Crippen LogP contribution in [0.5, 0.6) is 0 Å². The van der Waals surface area contributed by atoms with Crippen LogP contribution in [-0.2, 0) is 11.0 Å². The van der Waals surface area contributed by atoms with Crippen molar-refractivity contribution < 1.29 is 22.8 Å². The van der Waals surface area contributed by atoms with E-state index < -0.39 is 23.8 Å². The van der Waals surface area contributed by atoms with Gasteiger partial charge in [0.2, 0.25) is 0 Å². The van der Waals surface area contributed by atoms with Gasteiger partial charge < -0.3 is 5.32 Å². The predicted octanol–water partition coefficient (Wildman–Crippen LogP) is 5.16. The summed E-state index contributed by atoms with van der Waals surface area (Å²) in [6.45, 7) is 1.79. The van der Waals surface area contributed by atoms with Crippen molar-refractivity contribution in [1.29, 1.82) is 5.26 Å². The summed E-state index contributed by atoms with van der Waals surface area (Å²) < 4.78 is 39.6. The van der Waals surface area contributed by atoms with Crippen LogP contribution in [0.15, 0.2) is 53.7 Å². The summed E-state index contributed by atoms with van der Waals surface area (Å²) in [5.74, 6) is -0.146. The zero-order valence-corrected chi connectivity index (χ0v) is 16.6. The third-order valence-corrected chi connectivity index (χ3v) is 5.60. The first kappa shape index (κ1) is 20.7.